The summed E-state index contributed by atoms with van der Waals surface area (Å²) in [6.07, 6.45) is 6.66. The van der Waals surface area contributed by atoms with Gasteiger partial charge in [0.25, 0.3) is 0 Å². The Labute approximate surface area is 140 Å². The number of carbonyl (C=O) groups is 1. The fourth-order valence-corrected chi connectivity index (χ4v) is 2.96. The maximum Gasteiger partial charge on any atom is 0.338 e. The maximum absolute atomic E-state index is 12.1. The number of esters is 1. The van der Waals surface area contributed by atoms with Crippen LogP contribution in [0.5, 0.6) is 0 Å². The number of benzene rings is 1. The van der Waals surface area contributed by atoms with Crippen LogP contribution in [-0.4, -0.2) is 22.3 Å². The van der Waals surface area contributed by atoms with Gasteiger partial charge in [-0.3, -0.25) is 0 Å². The zero-order valence-electron chi connectivity index (χ0n) is 13.5. The van der Waals surface area contributed by atoms with Crippen molar-refractivity contribution in [1.29, 1.82) is 0 Å². The topological polar surface area (TPSA) is 77.2 Å². The summed E-state index contributed by atoms with van der Waals surface area (Å²) in [6.45, 7) is 0.478. The van der Waals surface area contributed by atoms with E-state index >= 15 is 0 Å². The molecule has 24 heavy (non-hydrogen) atoms. The van der Waals surface area contributed by atoms with Crippen molar-refractivity contribution < 1.29 is 13.9 Å². The van der Waals surface area contributed by atoms with Gasteiger partial charge in [0, 0.05) is 11.6 Å². The van der Waals surface area contributed by atoms with Crippen LogP contribution in [0.4, 0.5) is 5.69 Å². The molecule has 2 saturated carbocycles. The van der Waals surface area contributed by atoms with Crippen molar-refractivity contribution in [3.05, 3.63) is 41.6 Å². The van der Waals surface area contributed by atoms with Crippen LogP contribution in [0.25, 0.3) is 0 Å². The molecule has 2 aliphatic carbocycles. The van der Waals surface area contributed by atoms with Crippen molar-refractivity contribution in [1.82, 2.24) is 10.2 Å². The molecule has 0 spiro atoms. The molecule has 4 rings (SSSR count). The SMILES string of the molecule is O=C(OC1CCCC1)c1ccc(NCc2nnc(C3CC3)o2)cc1. The summed E-state index contributed by atoms with van der Waals surface area (Å²) < 4.78 is 11.1. The van der Waals surface area contributed by atoms with Crippen LogP contribution >= 0.6 is 0 Å². The summed E-state index contributed by atoms with van der Waals surface area (Å²) in [6, 6.07) is 7.29. The quantitative estimate of drug-likeness (QED) is 0.816. The van der Waals surface area contributed by atoms with E-state index in [-0.39, 0.29) is 12.1 Å². The zero-order valence-corrected chi connectivity index (χ0v) is 13.5. The molecule has 1 aromatic carbocycles. The van der Waals surface area contributed by atoms with E-state index in [0.717, 1.165) is 50.1 Å². The summed E-state index contributed by atoms with van der Waals surface area (Å²) in [5.74, 6) is 1.56. The molecule has 0 atom stereocenters. The lowest BCUT2D eigenvalue weighted by molar-refractivity contribution is 0.0318. The van der Waals surface area contributed by atoms with Crippen molar-refractivity contribution in [2.45, 2.75) is 57.1 Å². The number of nitrogens with zero attached hydrogens (tertiary/aromatic N) is 2. The number of rotatable bonds is 6. The highest BCUT2D eigenvalue weighted by Crippen LogP contribution is 2.39. The van der Waals surface area contributed by atoms with E-state index in [1.807, 2.05) is 12.1 Å². The van der Waals surface area contributed by atoms with E-state index in [1.165, 1.54) is 0 Å². The molecule has 1 aromatic heterocycles. The van der Waals surface area contributed by atoms with E-state index in [4.69, 9.17) is 9.15 Å². The molecule has 0 unspecified atom stereocenters. The molecule has 6 heteroatoms. The normalized spacial score (nSPS) is 17.8. The number of hydrogen-bond donors (Lipinski definition) is 1. The predicted octanol–water partition coefficient (Wildman–Crippen LogP) is 3.66. The lowest BCUT2D eigenvalue weighted by Crippen LogP contribution is -2.14. The van der Waals surface area contributed by atoms with E-state index in [0.29, 0.717) is 23.9 Å². The van der Waals surface area contributed by atoms with Crippen LogP contribution < -0.4 is 5.32 Å². The van der Waals surface area contributed by atoms with E-state index in [2.05, 4.69) is 15.5 Å². The lowest BCUT2D eigenvalue weighted by atomic mass is 10.2. The molecule has 2 fully saturated rings. The lowest BCUT2D eigenvalue weighted by Gasteiger charge is -2.11. The first kappa shape index (κ1) is 15.2. The predicted molar refractivity (Wildman–Crippen MR) is 87.7 cm³/mol. The number of ether oxygens (including phenoxy) is 1. The third kappa shape index (κ3) is 3.58. The first-order chi connectivity index (χ1) is 11.8. The Morgan fingerprint density at radius 3 is 2.58 bits per heavy atom. The highest BCUT2D eigenvalue weighted by Gasteiger charge is 2.29. The highest BCUT2D eigenvalue weighted by molar-refractivity contribution is 5.89. The standard InChI is InChI=1S/C18H21N3O3/c22-18(23-15-3-1-2-4-15)13-7-9-14(10-8-13)19-11-16-20-21-17(24-16)12-5-6-12/h7-10,12,15,19H,1-6,11H2. The van der Waals surface area contributed by atoms with Gasteiger partial charge in [0.05, 0.1) is 12.1 Å². The Kier molecular flexibility index (Phi) is 4.19. The van der Waals surface area contributed by atoms with Gasteiger partial charge in [-0.25, -0.2) is 4.79 Å². The van der Waals surface area contributed by atoms with Gasteiger partial charge < -0.3 is 14.5 Å². The Hall–Kier alpha value is -2.37. The zero-order chi connectivity index (χ0) is 16.4. The Morgan fingerprint density at radius 2 is 1.88 bits per heavy atom. The number of carbonyl (C=O) groups excluding carboxylic acids is 1. The second kappa shape index (κ2) is 6.63. The fraction of sp³-hybridized carbons (Fsp3) is 0.500. The van der Waals surface area contributed by atoms with Gasteiger partial charge in [-0.2, -0.15) is 0 Å². The fourth-order valence-electron chi connectivity index (χ4n) is 2.96. The summed E-state index contributed by atoms with van der Waals surface area (Å²) >= 11 is 0. The molecule has 126 valence electrons. The molecule has 0 radical (unpaired) electrons. The molecular formula is C18H21N3O3. The van der Waals surface area contributed by atoms with Gasteiger partial charge in [-0.15, -0.1) is 10.2 Å². The Bertz CT molecular complexity index is 701. The summed E-state index contributed by atoms with van der Waals surface area (Å²) in [7, 11) is 0. The Balaban J connectivity index is 1.30. The Morgan fingerprint density at radius 1 is 1.12 bits per heavy atom. The molecular weight excluding hydrogens is 306 g/mol. The van der Waals surface area contributed by atoms with Crippen molar-refractivity contribution in [2.75, 3.05) is 5.32 Å². The summed E-state index contributed by atoms with van der Waals surface area (Å²) in [4.78, 5) is 12.1. The molecule has 0 aliphatic heterocycles. The first-order valence-corrected chi connectivity index (χ1v) is 8.65. The molecule has 1 heterocycles. The average Bonchev–Trinajstić information content (AvgIpc) is 3.13. The average molecular weight is 327 g/mol. The summed E-state index contributed by atoms with van der Waals surface area (Å²) in [5, 5.41) is 11.3. The first-order valence-electron chi connectivity index (χ1n) is 8.65. The molecule has 0 amide bonds. The van der Waals surface area contributed by atoms with Crippen LogP contribution in [0.15, 0.2) is 28.7 Å². The molecule has 2 aliphatic rings. The van der Waals surface area contributed by atoms with E-state index in [9.17, 15) is 4.79 Å². The minimum absolute atomic E-state index is 0.0912. The van der Waals surface area contributed by atoms with E-state index in [1.54, 1.807) is 12.1 Å². The van der Waals surface area contributed by atoms with Gasteiger partial charge in [-0.05, 0) is 62.8 Å². The smallest absolute Gasteiger partial charge is 0.338 e. The van der Waals surface area contributed by atoms with Crippen LogP contribution in [0.2, 0.25) is 0 Å². The van der Waals surface area contributed by atoms with Gasteiger partial charge in [0.1, 0.15) is 6.10 Å². The van der Waals surface area contributed by atoms with Gasteiger partial charge >= 0.3 is 5.97 Å². The number of nitrogens with one attached hydrogen (secondary N) is 1. The van der Waals surface area contributed by atoms with Gasteiger partial charge in [0.2, 0.25) is 11.8 Å². The molecule has 2 aromatic rings. The third-order valence-corrected chi connectivity index (χ3v) is 4.55. The van der Waals surface area contributed by atoms with Crippen LogP contribution in [0.3, 0.4) is 0 Å². The summed E-state index contributed by atoms with van der Waals surface area (Å²) in [5.41, 5.74) is 1.49. The minimum Gasteiger partial charge on any atom is -0.459 e. The van der Waals surface area contributed by atoms with Gasteiger partial charge in [0.15, 0.2) is 0 Å². The number of hydrogen-bond acceptors (Lipinski definition) is 6. The van der Waals surface area contributed by atoms with Crippen LogP contribution in [0.1, 0.15) is 66.6 Å². The van der Waals surface area contributed by atoms with E-state index < -0.39 is 0 Å². The maximum atomic E-state index is 12.1. The highest BCUT2D eigenvalue weighted by atomic mass is 16.5. The van der Waals surface area contributed by atoms with Gasteiger partial charge in [-0.1, -0.05) is 0 Å². The molecule has 0 saturated heterocycles. The molecule has 6 nitrogen and oxygen atoms in total. The monoisotopic (exact) mass is 327 g/mol. The largest absolute Gasteiger partial charge is 0.459 e. The van der Waals surface area contributed by atoms with Crippen molar-refractivity contribution in [2.24, 2.45) is 0 Å². The second-order valence-corrected chi connectivity index (χ2v) is 6.55. The second-order valence-electron chi connectivity index (χ2n) is 6.55. The van der Waals surface area contributed by atoms with Crippen LogP contribution in [0, 0.1) is 0 Å². The number of anilines is 1. The minimum atomic E-state index is -0.237. The molecule has 1 N–H and O–H groups in total. The van der Waals surface area contributed by atoms with Crippen molar-refractivity contribution in [3.63, 3.8) is 0 Å². The van der Waals surface area contributed by atoms with Crippen LogP contribution in [-0.2, 0) is 11.3 Å². The molecule has 0 bridgehead atoms. The van der Waals surface area contributed by atoms with Crippen molar-refractivity contribution in [3.8, 4) is 0 Å². The van der Waals surface area contributed by atoms with Crippen molar-refractivity contribution >= 4 is 11.7 Å². The third-order valence-electron chi connectivity index (χ3n) is 4.55. The number of aromatic nitrogens is 2.